The van der Waals surface area contributed by atoms with Gasteiger partial charge in [-0.1, -0.05) is 42.5 Å². The number of nitrogens with one attached hydrogen (secondary N) is 1. The molecule has 154 valence electrons. The maximum absolute atomic E-state index is 12.7. The second kappa shape index (κ2) is 10.1. The first-order valence-corrected chi connectivity index (χ1v) is 10.1. The van der Waals surface area contributed by atoms with Gasteiger partial charge in [-0.2, -0.15) is 0 Å². The van der Waals surface area contributed by atoms with Crippen molar-refractivity contribution in [3.63, 3.8) is 0 Å². The van der Waals surface area contributed by atoms with E-state index >= 15 is 0 Å². The van der Waals surface area contributed by atoms with Gasteiger partial charge in [0.1, 0.15) is 12.4 Å². The quantitative estimate of drug-likeness (QED) is 0.787. The Labute approximate surface area is 172 Å². The second-order valence-corrected chi connectivity index (χ2v) is 7.60. The summed E-state index contributed by atoms with van der Waals surface area (Å²) >= 11 is 0. The van der Waals surface area contributed by atoms with Crippen LogP contribution in [0.2, 0.25) is 0 Å². The van der Waals surface area contributed by atoms with Crippen molar-refractivity contribution < 1.29 is 14.3 Å². The van der Waals surface area contributed by atoms with Gasteiger partial charge in [0.25, 0.3) is 0 Å². The molecule has 2 amide bonds. The number of nitrogens with two attached hydrogens (primary N) is 1. The number of hydrogen-bond donors (Lipinski definition) is 2. The molecule has 0 bridgehead atoms. The number of benzene rings is 2. The van der Waals surface area contributed by atoms with Crippen molar-refractivity contribution in [3.05, 3.63) is 65.7 Å². The Bertz CT molecular complexity index is 825. The molecular weight excluding hydrogens is 366 g/mol. The third-order valence-corrected chi connectivity index (χ3v) is 5.21. The average Bonchev–Trinajstić information content (AvgIpc) is 2.93. The van der Waals surface area contributed by atoms with Crippen LogP contribution in [0.25, 0.3) is 0 Å². The molecule has 1 aliphatic rings. The summed E-state index contributed by atoms with van der Waals surface area (Å²) in [4.78, 5) is 26.1. The second-order valence-electron chi connectivity index (χ2n) is 7.60. The van der Waals surface area contributed by atoms with Gasteiger partial charge in [-0.15, -0.1) is 0 Å². The third kappa shape index (κ3) is 6.32. The predicted octanol–water partition coefficient (Wildman–Crippen LogP) is 2.47. The van der Waals surface area contributed by atoms with Crippen LogP contribution in [0.3, 0.4) is 0 Å². The van der Waals surface area contributed by atoms with Gasteiger partial charge in [0.05, 0.1) is 5.92 Å². The van der Waals surface area contributed by atoms with Gasteiger partial charge in [0, 0.05) is 32.6 Å². The molecule has 0 radical (unpaired) electrons. The average molecular weight is 396 g/mol. The van der Waals surface area contributed by atoms with E-state index in [0.717, 1.165) is 23.3 Å². The van der Waals surface area contributed by atoms with Gasteiger partial charge in [-0.05, 0) is 36.1 Å². The lowest BCUT2D eigenvalue weighted by Gasteiger charge is -2.23. The minimum Gasteiger partial charge on any atom is -0.489 e. The Morgan fingerprint density at radius 2 is 1.83 bits per heavy atom. The van der Waals surface area contributed by atoms with Crippen molar-refractivity contribution in [1.82, 2.24) is 10.2 Å². The van der Waals surface area contributed by atoms with Crippen LogP contribution >= 0.6 is 0 Å². The molecule has 3 rings (SSSR count). The molecule has 29 heavy (non-hydrogen) atoms. The van der Waals surface area contributed by atoms with Crippen LogP contribution in [0.15, 0.2) is 54.6 Å². The number of hydrogen-bond acceptors (Lipinski definition) is 4. The molecule has 0 aliphatic carbocycles. The Hall–Kier alpha value is -2.86. The molecular formula is C23H29N3O3. The minimum absolute atomic E-state index is 0.0385. The molecule has 1 heterocycles. The van der Waals surface area contributed by atoms with Crippen molar-refractivity contribution >= 4 is 11.8 Å². The van der Waals surface area contributed by atoms with Crippen molar-refractivity contribution in [2.24, 2.45) is 11.7 Å². The fourth-order valence-corrected chi connectivity index (χ4v) is 3.51. The zero-order valence-corrected chi connectivity index (χ0v) is 16.8. The first-order chi connectivity index (χ1) is 14.0. The molecule has 2 aromatic rings. The maximum atomic E-state index is 12.7. The highest BCUT2D eigenvalue weighted by Gasteiger charge is 2.28. The van der Waals surface area contributed by atoms with Crippen LogP contribution in [0.5, 0.6) is 5.75 Å². The van der Waals surface area contributed by atoms with Crippen molar-refractivity contribution in [3.8, 4) is 5.75 Å². The fourth-order valence-electron chi connectivity index (χ4n) is 3.51. The van der Waals surface area contributed by atoms with E-state index in [9.17, 15) is 9.59 Å². The van der Waals surface area contributed by atoms with Crippen LogP contribution in [0.4, 0.5) is 0 Å². The van der Waals surface area contributed by atoms with E-state index < -0.39 is 0 Å². The van der Waals surface area contributed by atoms with E-state index in [-0.39, 0.29) is 23.8 Å². The van der Waals surface area contributed by atoms with Gasteiger partial charge in [0.15, 0.2) is 0 Å². The molecule has 0 saturated carbocycles. The lowest BCUT2D eigenvalue weighted by atomic mass is 10.0. The minimum atomic E-state index is -0.232. The first-order valence-electron chi connectivity index (χ1n) is 10.1. The van der Waals surface area contributed by atoms with E-state index in [4.69, 9.17) is 10.5 Å². The molecule has 0 aromatic heterocycles. The summed E-state index contributed by atoms with van der Waals surface area (Å²) in [5.41, 5.74) is 8.11. The lowest BCUT2D eigenvalue weighted by molar-refractivity contribution is -0.131. The van der Waals surface area contributed by atoms with Crippen LogP contribution in [-0.2, 0) is 22.7 Å². The van der Waals surface area contributed by atoms with Gasteiger partial charge >= 0.3 is 0 Å². The van der Waals surface area contributed by atoms with Crippen LogP contribution in [0, 0.1) is 5.92 Å². The van der Waals surface area contributed by atoms with Gasteiger partial charge in [-0.3, -0.25) is 9.59 Å². The summed E-state index contributed by atoms with van der Waals surface area (Å²) in [5.74, 6) is 0.457. The zero-order valence-electron chi connectivity index (χ0n) is 16.8. The topological polar surface area (TPSA) is 84.7 Å². The summed E-state index contributed by atoms with van der Waals surface area (Å²) in [6, 6.07) is 17.6. The van der Waals surface area contributed by atoms with Crippen molar-refractivity contribution in [2.75, 3.05) is 13.1 Å². The Morgan fingerprint density at radius 3 is 2.59 bits per heavy atom. The van der Waals surface area contributed by atoms with E-state index in [2.05, 4.69) is 5.32 Å². The molecule has 1 fully saturated rings. The van der Waals surface area contributed by atoms with Crippen LogP contribution < -0.4 is 15.8 Å². The highest BCUT2D eigenvalue weighted by Crippen LogP contribution is 2.18. The van der Waals surface area contributed by atoms with Crippen LogP contribution in [-0.4, -0.2) is 35.8 Å². The number of amides is 2. The van der Waals surface area contributed by atoms with Gasteiger partial charge in [0.2, 0.25) is 11.8 Å². The SMILES string of the molecule is CC(=O)N1C[C@@H](N)CC[C@@H](C(=O)NCc2cccc(OCc3ccccc3)c2)C1. The van der Waals surface area contributed by atoms with Gasteiger partial charge in [-0.25, -0.2) is 0 Å². The van der Waals surface area contributed by atoms with Crippen molar-refractivity contribution in [1.29, 1.82) is 0 Å². The summed E-state index contributed by atoms with van der Waals surface area (Å²) in [5, 5.41) is 3.00. The summed E-state index contributed by atoms with van der Waals surface area (Å²) in [6.07, 6.45) is 1.43. The van der Waals surface area contributed by atoms with Crippen LogP contribution in [0.1, 0.15) is 30.9 Å². The Kier molecular flexibility index (Phi) is 7.25. The molecule has 2 aromatic carbocycles. The fraction of sp³-hybridized carbons (Fsp3) is 0.391. The van der Waals surface area contributed by atoms with E-state index in [1.807, 2.05) is 54.6 Å². The number of nitrogens with zero attached hydrogens (tertiary/aromatic N) is 1. The molecule has 0 unspecified atom stereocenters. The number of ether oxygens (including phenoxy) is 1. The molecule has 2 atom stereocenters. The molecule has 6 nitrogen and oxygen atoms in total. The van der Waals surface area contributed by atoms with Crippen molar-refractivity contribution in [2.45, 2.75) is 39.0 Å². The Balaban J connectivity index is 1.53. The lowest BCUT2D eigenvalue weighted by Crippen LogP contribution is -2.42. The molecule has 1 aliphatic heterocycles. The normalized spacial score (nSPS) is 19.3. The highest BCUT2D eigenvalue weighted by molar-refractivity contribution is 5.80. The molecule has 0 spiro atoms. The van der Waals surface area contributed by atoms with E-state index in [1.165, 1.54) is 6.92 Å². The standard InChI is InChI=1S/C23H29N3O3/c1-17(27)26-14-20(10-11-21(24)15-26)23(28)25-13-19-8-5-9-22(12-19)29-16-18-6-3-2-4-7-18/h2-9,12,20-21H,10-11,13-16,24H2,1H3,(H,25,28)/t20-,21+/m1/s1. The predicted molar refractivity (Wildman–Crippen MR) is 112 cm³/mol. The Morgan fingerprint density at radius 1 is 1.07 bits per heavy atom. The summed E-state index contributed by atoms with van der Waals surface area (Å²) in [7, 11) is 0. The first kappa shape index (κ1) is 20.9. The number of carbonyl (C=O) groups is 2. The summed E-state index contributed by atoms with van der Waals surface area (Å²) < 4.78 is 5.85. The smallest absolute Gasteiger partial charge is 0.225 e. The largest absolute Gasteiger partial charge is 0.489 e. The summed E-state index contributed by atoms with van der Waals surface area (Å²) in [6.45, 7) is 3.38. The van der Waals surface area contributed by atoms with E-state index in [1.54, 1.807) is 4.90 Å². The molecule has 6 heteroatoms. The zero-order chi connectivity index (χ0) is 20.6. The monoisotopic (exact) mass is 395 g/mol. The third-order valence-electron chi connectivity index (χ3n) is 5.21. The van der Waals surface area contributed by atoms with E-state index in [0.29, 0.717) is 32.7 Å². The number of rotatable bonds is 6. The highest BCUT2D eigenvalue weighted by atomic mass is 16.5. The number of carbonyl (C=O) groups excluding carboxylic acids is 2. The van der Waals surface area contributed by atoms with Gasteiger partial charge < -0.3 is 20.7 Å². The molecule has 3 N–H and O–H groups in total. The maximum Gasteiger partial charge on any atom is 0.225 e. The number of likely N-dealkylation sites (tertiary alicyclic amines) is 1. The molecule has 1 saturated heterocycles.